The monoisotopic (exact) mass is 293 g/mol. The highest BCUT2D eigenvalue weighted by molar-refractivity contribution is 5.14. The molecule has 0 aliphatic heterocycles. The molecule has 1 heterocycles. The van der Waals surface area contributed by atoms with Gasteiger partial charge in [-0.25, -0.2) is 0 Å². The number of aryl methyl sites for hydroxylation is 2. The molecule has 1 rings (SSSR count). The summed E-state index contributed by atoms with van der Waals surface area (Å²) in [6.07, 6.45) is 12.9. The van der Waals surface area contributed by atoms with Crippen LogP contribution in [0.25, 0.3) is 0 Å². The first-order chi connectivity index (χ1) is 10.2. The summed E-state index contributed by atoms with van der Waals surface area (Å²) in [7, 11) is 0. The van der Waals surface area contributed by atoms with Gasteiger partial charge in [-0.2, -0.15) is 5.10 Å². The molecular weight excluding hydrogens is 258 g/mol. The van der Waals surface area contributed by atoms with E-state index in [9.17, 15) is 0 Å². The second-order valence-corrected chi connectivity index (χ2v) is 6.10. The highest BCUT2D eigenvalue weighted by Gasteiger charge is 2.13. The van der Waals surface area contributed by atoms with E-state index in [0.29, 0.717) is 0 Å². The molecule has 1 aromatic rings. The van der Waals surface area contributed by atoms with Gasteiger partial charge < -0.3 is 5.73 Å². The van der Waals surface area contributed by atoms with E-state index in [4.69, 9.17) is 5.73 Å². The van der Waals surface area contributed by atoms with Crippen molar-refractivity contribution in [1.82, 2.24) is 9.78 Å². The fraction of sp³-hybridized carbons (Fsp3) is 0.833. The third-order valence-corrected chi connectivity index (χ3v) is 4.27. The first-order valence-electron chi connectivity index (χ1n) is 9.05. The van der Waals surface area contributed by atoms with Crippen LogP contribution < -0.4 is 5.73 Å². The second kappa shape index (κ2) is 10.8. The van der Waals surface area contributed by atoms with Gasteiger partial charge in [-0.1, -0.05) is 65.2 Å². The summed E-state index contributed by atoms with van der Waals surface area (Å²) in [5, 5.41) is 4.59. The fourth-order valence-corrected chi connectivity index (χ4v) is 2.86. The number of aromatic nitrogens is 2. The SMILES string of the molecule is CCCCCCCCCCC(N)c1cc(CC)nn1CC. The Kier molecular flexibility index (Phi) is 9.40. The third-order valence-electron chi connectivity index (χ3n) is 4.27. The average Bonchev–Trinajstić information content (AvgIpc) is 2.93. The molecule has 0 bridgehead atoms. The van der Waals surface area contributed by atoms with Crippen molar-refractivity contribution in [3.8, 4) is 0 Å². The molecule has 0 aliphatic rings. The Morgan fingerprint density at radius 2 is 1.62 bits per heavy atom. The lowest BCUT2D eigenvalue weighted by molar-refractivity contribution is 0.504. The van der Waals surface area contributed by atoms with Gasteiger partial charge in [0.2, 0.25) is 0 Å². The van der Waals surface area contributed by atoms with E-state index in [2.05, 4.69) is 36.6 Å². The minimum atomic E-state index is 0.151. The van der Waals surface area contributed by atoms with Crippen LogP contribution in [0.3, 0.4) is 0 Å². The number of hydrogen-bond donors (Lipinski definition) is 1. The van der Waals surface area contributed by atoms with Gasteiger partial charge in [0.15, 0.2) is 0 Å². The topological polar surface area (TPSA) is 43.8 Å². The van der Waals surface area contributed by atoms with Crippen molar-refractivity contribution in [2.45, 2.75) is 97.6 Å². The largest absolute Gasteiger partial charge is 0.323 e. The highest BCUT2D eigenvalue weighted by atomic mass is 15.3. The quantitative estimate of drug-likeness (QED) is 0.551. The van der Waals surface area contributed by atoms with Gasteiger partial charge in [-0.15, -0.1) is 0 Å². The summed E-state index contributed by atoms with van der Waals surface area (Å²) >= 11 is 0. The van der Waals surface area contributed by atoms with Crippen molar-refractivity contribution < 1.29 is 0 Å². The van der Waals surface area contributed by atoms with Crippen LogP contribution >= 0.6 is 0 Å². The molecule has 0 spiro atoms. The second-order valence-electron chi connectivity index (χ2n) is 6.10. The van der Waals surface area contributed by atoms with Crippen molar-refractivity contribution in [2.24, 2.45) is 5.73 Å². The van der Waals surface area contributed by atoms with Crippen LogP contribution in [0.1, 0.15) is 96.0 Å². The fourth-order valence-electron chi connectivity index (χ4n) is 2.86. The lowest BCUT2D eigenvalue weighted by Crippen LogP contribution is -2.15. The number of unbranched alkanes of at least 4 members (excludes halogenated alkanes) is 7. The molecule has 0 saturated carbocycles. The van der Waals surface area contributed by atoms with Crippen LogP contribution in [0.2, 0.25) is 0 Å². The average molecular weight is 293 g/mol. The van der Waals surface area contributed by atoms with Gasteiger partial charge in [0.05, 0.1) is 11.4 Å². The number of nitrogens with zero attached hydrogens (tertiary/aromatic N) is 2. The lowest BCUT2D eigenvalue weighted by Gasteiger charge is -2.13. The van der Waals surface area contributed by atoms with Gasteiger partial charge in [-0.3, -0.25) is 4.68 Å². The van der Waals surface area contributed by atoms with Crippen molar-refractivity contribution in [3.05, 3.63) is 17.5 Å². The molecule has 122 valence electrons. The Hall–Kier alpha value is -0.830. The molecule has 3 nitrogen and oxygen atoms in total. The first-order valence-corrected chi connectivity index (χ1v) is 9.05. The summed E-state index contributed by atoms with van der Waals surface area (Å²) in [6.45, 7) is 7.47. The number of nitrogens with two attached hydrogens (primary N) is 1. The summed E-state index contributed by atoms with van der Waals surface area (Å²) in [6, 6.07) is 2.34. The number of hydrogen-bond acceptors (Lipinski definition) is 2. The zero-order valence-corrected chi connectivity index (χ0v) is 14.4. The molecule has 2 N–H and O–H groups in total. The maximum atomic E-state index is 6.36. The lowest BCUT2D eigenvalue weighted by atomic mass is 10.0. The van der Waals surface area contributed by atoms with E-state index >= 15 is 0 Å². The smallest absolute Gasteiger partial charge is 0.0625 e. The Morgan fingerprint density at radius 3 is 2.19 bits per heavy atom. The Morgan fingerprint density at radius 1 is 1.00 bits per heavy atom. The van der Waals surface area contributed by atoms with Gasteiger partial charge in [0.25, 0.3) is 0 Å². The van der Waals surface area contributed by atoms with Crippen LogP contribution in [0.4, 0.5) is 0 Å². The van der Waals surface area contributed by atoms with Crippen molar-refractivity contribution in [1.29, 1.82) is 0 Å². The predicted molar refractivity (Wildman–Crippen MR) is 91.4 cm³/mol. The molecule has 0 aliphatic carbocycles. The summed E-state index contributed by atoms with van der Waals surface area (Å²) in [5.41, 5.74) is 8.74. The van der Waals surface area contributed by atoms with Crippen molar-refractivity contribution >= 4 is 0 Å². The zero-order chi connectivity index (χ0) is 15.5. The zero-order valence-electron chi connectivity index (χ0n) is 14.4. The van der Waals surface area contributed by atoms with E-state index in [-0.39, 0.29) is 6.04 Å². The minimum absolute atomic E-state index is 0.151. The molecule has 0 aromatic carbocycles. The molecular formula is C18H35N3. The number of rotatable bonds is 12. The maximum Gasteiger partial charge on any atom is 0.0625 e. The molecule has 0 amide bonds. The van der Waals surface area contributed by atoms with Crippen molar-refractivity contribution in [2.75, 3.05) is 0 Å². The van der Waals surface area contributed by atoms with Crippen LogP contribution in [0, 0.1) is 0 Å². The summed E-state index contributed by atoms with van der Waals surface area (Å²) < 4.78 is 2.08. The van der Waals surface area contributed by atoms with Gasteiger partial charge in [-0.05, 0) is 25.8 Å². The van der Waals surface area contributed by atoms with Gasteiger partial charge in [0, 0.05) is 12.6 Å². The molecule has 3 heteroatoms. The maximum absolute atomic E-state index is 6.36. The summed E-state index contributed by atoms with van der Waals surface area (Å²) in [5.74, 6) is 0. The van der Waals surface area contributed by atoms with Gasteiger partial charge in [0.1, 0.15) is 0 Å². The predicted octanol–water partition coefficient (Wildman–Crippen LogP) is 5.00. The Balaban J connectivity index is 2.21. The molecule has 0 saturated heterocycles. The van der Waals surface area contributed by atoms with E-state index in [1.165, 1.54) is 62.8 Å². The molecule has 21 heavy (non-hydrogen) atoms. The van der Waals surface area contributed by atoms with E-state index in [1.54, 1.807) is 0 Å². The molecule has 1 atom stereocenters. The summed E-state index contributed by atoms with van der Waals surface area (Å²) in [4.78, 5) is 0. The standard InChI is InChI=1S/C18H35N3/c1-4-7-8-9-10-11-12-13-14-17(19)18-15-16(5-2)20-21(18)6-3/h15,17H,4-14,19H2,1-3H3. The Bertz CT molecular complexity index is 371. The van der Waals surface area contributed by atoms with Crippen LogP contribution in [-0.4, -0.2) is 9.78 Å². The van der Waals surface area contributed by atoms with E-state index in [1.807, 2.05) is 0 Å². The van der Waals surface area contributed by atoms with Crippen molar-refractivity contribution in [3.63, 3.8) is 0 Å². The van der Waals surface area contributed by atoms with Crippen LogP contribution in [-0.2, 0) is 13.0 Å². The normalized spacial score (nSPS) is 12.8. The highest BCUT2D eigenvalue weighted by Crippen LogP contribution is 2.20. The van der Waals surface area contributed by atoms with Gasteiger partial charge >= 0.3 is 0 Å². The van der Waals surface area contributed by atoms with E-state index < -0.39 is 0 Å². The molecule has 1 aromatic heterocycles. The Labute approximate surface area is 131 Å². The molecule has 0 radical (unpaired) electrons. The minimum Gasteiger partial charge on any atom is -0.323 e. The van der Waals surface area contributed by atoms with E-state index in [0.717, 1.165) is 19.4 Å². The third kappa shape index (κ3) is 6.64. The van der Waals surface area contributed by atoms with Crippen LogP contribution in [0.5, 0.6) is 0 Å². The molecule has 0 fully saturated rings. The molecule has 1 unspecified atom stereocenters. The first kappa shape index (κ1) is 18.2. The van der Waals surface area contributed by atoms with Crippen LogP contribution in [0.15, 0.2) is 6.07 Å².